The molecule has 0 aliphatic rings. The molecule has 3 rings (SSSR count). The maximum Gasteiger partial charge on any atom is 0.251 e. The Bertz CT molecular complexity index is 962. The van der Waals surface area contributed by atoms with Crippen molar-refractivity contribution in [2.45, 2.75) is 32.0 Å². The molecule has 6 heteroatoms. The maximum absolute atomic E-state index is 13.6. The first-order chi connectivity index (χ1) is 13.9. The van der Waals surface area contributed by atoms with E-state index >= 15 is 0 Å². The van der Waals surface area contributed by atoms with Gasteiger partial charge in [-0.1, -0.05) is 24.3 Å². The van der Waals surface area contributed by atoms with E-state index in [9.17, 15) is 14.3 Å². The van der Waals surface area contributed by atoms with E-state index in [2.05, 4.69) is 4.98 Å². The van der Waals surface area contributed by atoms with Gasteiger partial charge in [-0.2, -0.15) is 0 Å². The van der Waals surface area contributed by atoms with Crippen LogP contribution in [-0.4, -0.2) is 28.2 Å². The number of hydrogen-bond donors (Lipinski definition) is 2. The van der Waals surface area contributed by atoms with Crippen LogP contribution in [0, 0.1) is 5.82 Å². The number of nitrogens with two attached hydrogens (primary N) is 1. The molecule has 1 heterocycles. The van der Waals surface area contributed by atoms with Crippen molar-refractivity contribution >= 4 is 5.91 Å². The molecule has 1 amide bonds. The zero-order chi connectivity index (χ0) is 20.8. The number of primary amides is 1. The van der Waals surface area contributed by atoms with Gasteiger partial charge in [0, 0.05) is 12.4 Å². The van der Waals surface area contributed by atoms with Crippen molar-refractivity contribution < 1.29 is 19.0 Å². The molecule has 29 heavy (non-hydrogen) atoms. The number of aliphatic hydroxyl groups is 1. The Morgan fingerprint density at radius 1 is 1.17 bits per heavy atom. The van der Waals surface area contributed by atoms with Crippen molar-refractivity contribution in [1.29, 1.82) is 0 Å². The quantitative estimate of drug-likeness (QED) is 0.609. The number of nitrogens with zero attached hydrogens (tertiary/aromatic N) is 1. The molecular formula is C23H23FN2O3. The number of amides is 1. The van der Waals surface area contributed by atoms with Crippen molar-refractivity contribution in [2.24, 2.45) is 5.73 Å². The Hall–Kier alpha value is -3.25. The number of halogens is 1. The number of aryl methyl sites for hydroxylation is 1. The molecule has 2 unspecified atom stereocenters. The summed E-state index contributed by atoms with van der Waals surface area (Å²) in [6.07, 6.45) is 3.78. The lowest BCUT2D eigenvalue weighted by molar-refractivity contribution is 0.0420. The number of ether oxygens (including phenoxy) is 1. The van der Waals surface area contributed by atoms with Crippen molar-refractivity contribution in [3.63, 3.8) is 0 Å². The first kappa shape index (κ1) is 20.5. The average molecular weight is 394 g/mol. The lowest BCUT2D eigenvalue weighted by Crippen LogP contribution is -2.29. The van der Waals surface area contributed by atoms with Crippen molar-refractivity contribution in [2.75, 3.05) is 0 Å². The topological polar surface area (TPSA) is 85.4 Å². The van der Waals surface area contributed by atoms with E-state index in [1.54, 1.807) is 30.6 Å². The Labute approximate surface area is 169 Å². The van der Waals surface area contributed by atoms with Crippen LogP contribution in [0.15, 0.2) is 67.0 Å². The van der Waals surface area contributed by atoms with Gasteiger partial charge in [0.05, 0.1) is 11.7 Å². The van der Waals surface area contributed by atoms with Crippen LogP contribution in [-0.2, 0) is 6.42 Å². The second-order valence-corrected chi connectivity index (χ2v) is 6.87. The van der Waals surface area contributed by atoms with Gasteiger partial charge in [0.1, 0.15) is 17.7 Å². The van der Waals surface area contributed by atoms with Crippen LogP contribution in [0.25, 0.3) is 11.1 Å². The first-order valence-corrected chi connectivity index (χ1v) is 9.37. The molecule has 2 atom stereocenters. The summed E-state index contributed by atoms with van der Waals surface area (Å²) in [7, 11) is 0. The highest BCUT2D eigenvalue weighted by atomic mass is 19.1. The molecule has 2 aromatic carbocycles. The lowest BCUT2D eigenvalue weighted by Gasteiger charge is -2.20. The first-order valence-electron chi connectivity index (χ1n) is 9.37. The number of aliphatic hydroxyl groups excluding tert-OH is 1. The number of rotatable bonds is 8. The van der Waals surface area contributed by atoms with Crippen molar-refractivity contribution in [3.05, 3.63) is 83.9 Å². The molecule has 0 saturated heterocycles. The second kappa shape index (κ2) is 9.30. The van der Waals surface area contributed by atoms with Gasteiger partial charge in [0.2, 0.25) is 0 Å². The highest BCUT2D eigenvalue weighted by molar-refractivity contribution is 5.94. The van der Waals surface area contributed by atoms with E-state index in [1.807, 2.05) is 31.2 Å². The summed E-state index contributed by atoms with van der Waals surface area (Å²) in [6, 6.07) is 15.2. The zero-order valence-electron chi connectivity index (χ0n) is 16.1. The Morgan fingerprint density at radius 3 is 2.55 bits per heavy atom. The second-order valence-electron chi connectivity index (χ2n) is 6.87. The molecule has 0 aliphatic heterocycles. The smallest absolute Gasteiger partial charge is 0.251 e. The standard InChI is InChI=1S/C23H23FN2O3/c1-15(22(27)11-4-16-3-2-12-26-14-16)29-19-8-5-17(6-9-19)18-7-10-21(24)20(13-18)23(25)28/h2-3,5-10,12-15,22,27H,4,11H2,1H3,(H2,25,28). The molecule has 0 radical (unpaired) electrons. The molecule has 0 spiro atoms. The van der Waals surface area contributed by atoms with Gasteiger partial charge < -0.3 is 15.6 Å². The van der Waals surface area contributed by atoms with E-state index < -0.39 is 17.8 Å². The van der Waals surface area contributed by atoms with Crippen LogP contribution in [0.3, 0.4) is 0 Å². The molecule has 3 N–H and O–H groups in total. The van der Waals surface area contributed by atoms with E-state index in [0.29, 0.717) is 24.2 Å². The van der Waals surface area contributed by atoms with Crippen LogP contribution in [0.5, 0.6) is 5.75 Å². The number of carbonyl (C=O) groups excluding carboxylic acids is 1. The van der Waals surface area contributed by atoms with Gasteiger partial charge in [-0.3, -0.25) is 9.78 Å². The maximum atomic E-state index is 13.6. The minimum absolute atomic E-state index is 0.145. The van der Waals surface area contributed by atoms with Crippen LogP contribution in [0.1, 0.15) is 29.3 Å². The van der Waals surface area contributed by atoms with Gasteiger partial charge in [-0.05, 0) is 66.8 Å². The van der Waals surface area contributed by atoms with Gasteiger partial charge in [-0.15, -0.1) is 0 Å². The highest BCUT2D eigenvalue weighted by Crippen LogP contribution is 2.25. The summed E-state index contributed by atoms with van der Waals surface area (Å²) in [5.74, 6) is -0.840. The summed E-state index contributed by atoms with van der Waals surface area (Å²) >= 11 is 0. The Morgan fingerprint density at radius 2 is 1.90 bits per heavy atom. The van der Waals surface area contributed by atoms with Gasteiger partial charge in [0.25, 0.3) is 5.91 Å². The number of hydrogen-bond acceptors (Lipinski definition) is 4. The SMILES string of the molecule is CC(Oc1ccc(-c2ccc(F)c(C(N)=O)c2)cc1)C(O)CCc1cccnc1. The number of benzene rings is 2. The summed E-state index contributed by atoms with van der Waals surface area (Å²) in [5.41, 5.74) is 7.60. The fourth-order valence-corrected chi connectivity index (χ4v) is 3.01. The Balaban J connectivity index is 1.61. The minimum atomic E-state index is -0.807. The number of pyridine rings is 1. The third-order valence-electron chi connectivity index (χ3n) is 4.73. The largest absolute Gasteiger partial charge is 0.488 e. The van der Waals surface area contributed by atoms with Crippen LogP contribution >= 0.6 is 0 Å². The molecule has 0 bridgehead atoms. The van der Waals surface area contributed by atoms with Gasteiger partial charge in [0.15, 0.2) is 0 Å². The number of carbonyl (C=O) groups is 1. The van der Waals surface area contributed by atoms with Gasteiger partial charge in [-0.25, -0.2) is 4.39 Å². The third kappa shape index (κ3) is 5.39. The zero-order valence-corrected chi connectivity index (χ0v) is 16.1. The van der Waals surface area contributed by atoms with Crippen LogP contribution in [0.4, 0.5) is 4.39 Å². The van der Waals surface area contributed by atoms with E-state index in [-0.39, 0.29) is 11.7 Å². The van der Waals surface area contributed by atoms with E-state index in [0.717, 1.165) is 11.1 Å². The summed E-state index contributed by atoms with van der Waals surface area (Å²) in [5, 5.41) is 10.4. The summed E-state index contributed by atoms with van der Waals surface area (Å²) in [4.78, 5) is 15.4. The molecule has 0 saturated carbocycles. The van der Waals surface area contributed by atoms with Gasteiger partial charge >= 0.3 is 0 Å². The lowest BCUT2D eigenvalue weighted by atomic mass is 10.0. The predicted molar refractivity (Wildman–Crippen MR) is 109 cm³/mol. The monoisotopic (exact) mass is 394 g/mol. The van der Waals surface area contributed by atoms with Crippen LogP contribution < -0.4 is 10.5 Å². The molecule has 1 aromatic heterocycles. The molecule has 5 nitrogen and oxygen atoms in total. The summed E-state index contributed by atoms with van der Waals surface area (Å²) in [6.45, 7) is 1.82. The van der Waals surface area contributed by atoms with E-state index in [1.165, 1.54) is 12.1 Å². The van der Waals surface area contributed by atoms with Crippen molar-refractivity contribution in [1.82, 2.24) is 4.98 Å². The number of aromatic nitrogens is 1. The average Bonchev–Trinajstić information content (AvgIpc) is 2.73. The molecule has 3 aromatic rings. The molecule has 0 fully saturated rings. The minimum Gasteiger partial charge on any atom is -0.488 e. The molecule has 0 aliphatic carbocycles. The highest BCUT2D eigenvalue weighted by Gasteiger charge is 2.16. The normalized spacial score (nSPS) is 12.9. The molecule has 150 valence electrons. The predicted octanol–water partition coefficient (Wildman–Crippen LogP) is 3.75. The van der Waals surface area contributed by atoms with Crippen LogP contribution in [0.2, 0.25) is 0 Å². The third-order valence-corrected chi connectivity index (χ3v) is 4.73. The Kier molecular flexibility index (Phi) is 6.57. The fourth-order valence-electron chi connectivity index (χ4n) is 3.01. The van der Waals surface area contributed by atoms with Crippen molar-refractivity contribution in [3.8, 4) is 16.9 Å². The summed E-state index contributed by atoms with van der Waals surface area (Å²) < 4.78 is 19.5. The fraction of sp³-hybridized carbons (Fsp3) is 0.217. The molecular weight excluding hydrogens is 371 g/mol. The van der Waals surface area contributed by atoms with E-state index in [4.69, 9.17) is 10.5 Å².